The summed E-state index contributed by atoms with van der Waals surface area (Å²) < 4.78 is 19.2. The molecule has 0 aromatic carbocycles. The molecule has 0 saturated carbocycles. The van der Waals surface area contributed by atoms with Crippen LogP contribution in [0.1, 0.15) is 0 Å². The van der Waals surface area contributed by atoms with Gasteiger partial charge in [-0.3, -0.25) is 0 Å². The molecule has 0 aromatic heterocycles. The monoisotopic (exact) mass is 452 g/mol. The fraction of sp³-hybridized carbons (Fsp3) is 0.692. The first-order valence-electron chi connectivity index (χ1n) is 7.90. The van der Waals surface area contributed by atoms with Gasteiger partial charge in [0.1, 0.15) is 31.8 Å². The molecular weight excluding hydrogens is 428 g/mol. The fourth-order valence-corrected chi connectivity index (χ4v) is 1.06. The highest BCUT2D eigenvalue weighted by atomic mass is 17.8. The summed E-state index contributed by atoms with van der Waals surface area (Å²) in [4.78, 5) is 17.4. The first-order chi connectivity index (χ1) is 14.8. The van der Waals surface area contributed by atoms with Crippen LogP contribution < -0.4 is 0 Å². The van der Waals surface area contributed by atoms with Crippen LogP contribution in [0.3, 0.4) is 0 Å². The lowest BCUT2D eigenvalue weighted by Gasteiger charge is -2.11. The van der Waals surface area contributed by atoms with Crippen LogP contribution in [-0.4, -0.2) is 65.1 Å². The highest BCUT2D eigenvalue weighted by Crippen LogP contribution is 1.92. The van der Waals surface area contributed by atoms with Gasteiger partial charge in [0.25, 0.3) is 0 Å². The van der Waals surface area contributed by atoms with E-state index in [1.807, 2.05) is 0 Å². The zero-order chi connectivity index (χ0) is 22.0. The van der Waals surface area contributed by atoms with Gasteiger partial charge in [0.15, 0.2) is 12.5 Å². The maximum atomic E-state index is 9.60. The molecule has 0 aromatic rings. The molecule has 0 radical (unpaired) electrons. The van der Waals surface area contributed by atoms with E-state index in [1.165, 1.54) is 26.7 Å². The molecule has 0 saturated heterocycles. The van der Waals surface area contributed by atoms with Gasteiger partial charge in [-0.1, -0.05) is 0 Å². The van der Waals surface area contributed by atoms with Crippen LogP contribution in [0.4, 0.5) is 0 Å². The Hall–Kier alpha value is -1.84. The molecule has 0 bridgehead atoms. The van der Waals surface area contributed by atoms with Crippen LogP contribution in [0.25, 0.3) is 0 Å². The topological polar surface area (TPSA) is 168 Å². The van der Waals surface area contributed by atoms with E-state index >= 15 is 0 Å². The number of rotatable bonds is 24. The van der Waals surface area contributed by atoms with Gasteiger partial charge in [-0.15, -0.1) is 0 Å². The van der Waals surface area contributed by atoms with Gasteiger partial charge in [-0.2, -0.15) is 0 Å². The summed E-state index contributed by atoms with van der Waals surface area (Å²) in [5.74, 6) is 0. The molecule has 17 nitrogen and oxygen atoms in total. The van der Waals surface area contributed by atoms with Gasteiger partial charge in [0.2, 0.25) is 0 Å². The van der Waals surface area contributed by atoms with E-state index in [0.717, 1.165) is 12.5 Å². The lowest BCUT2D eigenvalue weighted by atomic mass is 10.4. The highest BCUT2D eigenvalue weighted by Gasteiger charge is 2.05. The normalized spacial score (nSPS) is 11.6. The molecule has 0 aliphatic rings. The molecule has 1 N–H and O–H groups in total. The average molecular weight is 452 g/mol. The summed E-state index contributed by atoms with van der Waals surface area (Å²) in [6.07, 6.45) is 3.50. The van der Waals surface area contributed by atoms with Gasteiger partial charge in [0.05, 0.1) is 40.6 Å². The van der Waals surface area contributed by atoms with Crippen molar-refractivity contribution in [2.45, 2.75) is 6.10 Å². The molecule has 0 unspecified atom stereocenters. The Morgan fingerprint density at radius 3 is 1.43 bits per heavy atom. The molecule has 178 valence electrons. The minimum atomic E-state index is -0.887. The zero-order valence-corrected chi connectivity index (χ0v) is 16.1. The molecule has 0 aliphatic carbocycles. The fourth-order valence-electron chi connectivity index (χ4n) is 1.06. The van der Waals surface area contributed by atoms with Gasteiger partial charge < -0.3 is 33.8 Å². The lowest BCUT2D eigenvalue weighted by molar-refractivity contribution is -0.751. The number of aliphatic hydroxyl groups excluding tert-OH is 1. The maximum Gasteiger partial charge on any atom is 0.167 e. The third-order valence-corrected chi connectivity index (χ3v) is 2.08. The van der Waals surface area contributed by atoms with Crippen molar-refractivity contribution in [2.24, 2.45) is 0 Å². The van der Waals surface area contributed by atoms with Gasteiger partial charge >= 0.3 is 0 Å². The summed E-state index contributed by atoms with van der Waals surface area (Å²) in [6, 6.07) is 0. The van der Waals surface area contributed by atoms with Crippen LogP contribution in [0.5, 0.6) is 0 Å². The third kappa shape index (κ3) is 24.2. The van der Waals surface area contributed by atoms with Crippen LogP contribution in [0.15, 0.2) is 25.0 Å². The molecule has 0 rings (SSSR count). The van der Waals surface area contributed by atoms with E-state index in [-0.39, 0.29) is 39.6 Å². The molecule has 0 amide bonds. The van der Waals surface area contributed by atoms with E-state index in [4.69, 9.17) is 9.47 Å². The largest absolute Gasteiger partial charge is 0.501 e. The number of hydrogen-bond donors (Lipinski definition) is 1. The summed E-state index contributed by atoms with van der Waals surface area (Å²) >= 11 is 0. The van der Waals surface area contributed by atoms with E-state index in [0.29, 0.717) is 0 Å². The van der Waals surface area contributed by atoms with Crippen LogP contribution >= 0.6 is 0 Å². The number of ether oxygens (including phenoxy) is 4. The summed E-state index contributed by atoms with van der Waals surface area (Å²) in [6.45, 7) is 0.0444. The maximum absolute atomic E-state index is 9.60. The summed E-state index contributed by atoms with van der Waals surface area (Å²) in [5.41, 5.74) is 0. The molecule has 0 spiro atoms. The Kier molecular flexibility index (Phi) is 23.7. The van der Waals surface area contributed by atoms with Crippen molar-refractivity contribution in [3.05, 3.63) is 25.0 Å². The van der Waals surface area contributed by atoms with Crippen molar-refractivity contribution in [2.75, 3.05) is 53.9 Å². The molecule has 0 atom stereocenters. The number of hydrogen-bond acceptors (Lipinski definition) is 17. The number of methoxy groups -OCH3 is 2. The smallest absolute Gasteiger partial charge is 0.167 e. The first-order valence-corrected chi connectivity index (χ1v) is 7.90. The van der Waals surface area contributed by atoms with Crippen molar-refractivity contribution >= 4 is 0 Å². The second-order valence-corrected chi connectivity index (χ2v) is 4.20. The Morgan fingerprint density at radius 2 is 1.00 bits per heavy atom. The predicted octanol–water partition coefficient (Wildman–Crippen LogP) is -0.0351. The lowest BCUT2D eigenvalue weighted by Crippen LogP contribution is -2.24. The van der Waals surface area contributed by atoms with Crippen LogP contribution in [0, 0.1) is 0 Å². The first kappa shape index (κ1) is 28.2. The Bertz CT molecular complexity index is 347. The minimum Gasteiger partial charge on any atom is -0.501 e. The molecule has 0 heterocycles. The average Bonchev–Trinajstić information content (AvgIpc) is 2.75. The molecule has 0 aliphatic heterocycles. The Labute approximate surface area is 170 Å². The predicted molar refractivity (Wildman–Crippen MR) is 82.7 cm³/mol. The summed E-state index contributed by atoms with van der Waals surface area (Å²) in [7, 11) is 2.81. The van der Waals surface area contributed by atoms with E-state index in [9.17, 15) is 5.11 Å². The van der Waals surface area contributed by atoms with Crippen molar-refractivity contribution in [1.29, 1.82) is 0 Å². The van der Waals surface area contributed by atoms with Crippen molar-refractivity contribution < 1.29 is 83.9 Å². The standard InChI is InChI=1S/C13H24O17/c1-15-3-7-19-23-27-29-25-21-9-5-17-11-13(14)12-18-6-10-22-26-30-28-24-20-8-4-16-2/h3-4,7-8,13-14H,5-6,9-12H2,1-2H3/b7-3-,8-4-. The minimum absolute atomic E-state index is 0.0212. The second-order valence-electron chi connectivity index (χ2n) is 4.20. The SMILES string of the molecule is CO/C=C\OOOOOOCCOCC(O)COCCOOOOOO/C=C\OC. The molecule has 0 fully saturated rings. The molecule has 30 heavy (non-hydrogen) atoms. The van der Waals surface area contributed by atoms with Gasteiger partial charge in [-0.05, 0) is 20.2 Å². The van der Waals surface area contributed by atoms with Gasteiger partial charge in [-0.25, -0.2) is 9.78 Å². The molecule has 17 heteroatoms. The highest BCUT2D eigenvalue weighted by molar-refractivity contribution is 4.56. The van der Waals surface area contributed by atoms with Crippen LogP contribution in [0.2, 0.25) is 0 Å². The van der Waals surface area contributed by atoms with Crippen molar-refractivity contribution in [3.8, 4) is 0 Å². The van der Waals surface area contributed by atoms with Crippen molar-refractivity contribution in [1.82, 2.24) is 0 Å². The second kappa shape index (κ2) is 25.2. The van der Waals surface area contributed by atoms with E-state index in [2.05, 4.69) is 69.3 Å². The Balaban J connectivity index is 3.17. The molecular formula is C13H24O17. The zero-order valence-electron chi connectivity index (χ0n) is 16.1. The van der Waals surface area contributed by atoms with E-state index in [1.54, 1.807) is 0 Å². The van der Waals surface area contributed by atoms with Crippen molar-refractivity contribution in [3.63, 3.8) is 0 Å². The van der Waals surface area contributed by atoms with E-state index < -0.39 is 6.10 Å². The van der Waals surface area contributed by atoms with Crippen LogP contribution in [-0.2, 0) is 78.8 Å². The number of aliphatic hydroxyl groups is 1. The van der Waals surface area contributed by atoms with Gasteiger partial charge in [0, 0.05) is 20.2 Å². The Morgan fingerprint density at radius 1 is 0.567 bits per heavy atom. The summed E-state index contributed by atoms with van der Waals surface area (Å²) in [5, 5.41) is 41.4. The third-order valence-electron chi connectivity index (χ3n) is 2.08. The quantitative estimate of drug-likeness (QED) is 0.0895.